The molecule has 1 fully saturated rings. The molecular formula is C21H29N7OS. The van der Waals surface area contributed by atoms with Crippen LogP contribution in [0.2, 0.25) is 0 Å². The molecule has 9 heteroatoms. The zero-order valence-electron chi connectivity index (χ0n) is 17.9. The van der Waals surface area contributed by atoms with Gasteiger partial charge in [0, 0.05) is 30.9 Å². The van der Waals surface area contributed by atoms with Crippen LogP contribution in [0, 0.1) is 13.8 Å². The first-order valence-corrected chi connectivity index (χ1v) is 11.7. The lowest BCUT2D eigenvalue weighted by molar-refractivity contribution is 0.0331. The predicted octanol–water partition coefficient (Wildman–Crippen LogP) is 3.24. The van der Waals surface area contributed by atoms with Crippen LogP contribution in [-0.2, 0) is 24.2 Å². The molecule has 8 nitrogen and oxygen atoms in total. The first kappa shape index (κ1) is 19.8. The highest BCUT2D eigenvalue weighted by Crippen LogP contribution is 2.35. The van der Waals surface area contributed by atoms with Crippen LogP contribution in [0.5, 0.6) is 0 Å². The van der Waals surface area contributed by atoms with Crippen LogP contribution >= 0.6 is 11.3 Å². The molecule has 5 heterocycles. The van der Waals surface area contributed by atoms with Crippen molar-refractivity contribution in [3.05, 3.63) is 27.9 Å². The molecule has 0 bridgehead atoms. The number of aryl methyl sites for hydroxylation is 3. The lowest BCUT2D eigenvalue weighted by Gasteiger charge is -2.26. The number of fused-ring (bicyclic) bond motifs is 2. The molecule has 5 rings (SSSR count). The van der Waals surface area contributed by atoms with Gasteiger partial charge in [0.05, 0.1) is 31.2 Å². The molecule has 30 heavy (non-hydrogen) atoms. The highest BCUT2D eigenvalue weighted by molar-refractivity contribution is 7.18. The number of nitrogens with one attached hydrogen (secondary N) is 1. The predicted molar refractivity (Wildman–Crippen MR) is 118 cm³/mol. The Hall–Kier alpha value is -2.10. The fraction of sp³-hybridized carbons (Fsp3) is 0.619. The number of hydrogen-bond donors (Lipinski definition) is 1. The SMILES string of the molecule is Cc1sc2nc(CN3CCOCC3)nc(NC(C)c3nnc4n3CCCC4)c2c1C. The van der Waals surface area contributed by atoms with Gasteiger partial charge in [0.25, 0.3) is 0 Å². The van der Waals surface area contributed by atoms with Gasteiger partial charge in [-0.3, -0.25) is 4.90 Å². The first-order chi connectivity index (χ1) is 14.6. The number of anilines is 1. The normalized spacial score (nSPS) is 18.5. The Morgan fingerprint density at radius 3 is 2.77 bits per heavy atom. The maximum Gasteiger partial charge on any atom is 0.155 e. The van der Waals surface area contributed by atoms with E-state index in [1.165, 1.54) is 23.3 Å². The second-order valence-electron chi connectivity index (χ2n) is 8.29. The van der Waals surface area contributed by atoms with Crippen LogP contribution in [-0.4, -0.2) is 55.9 Å². The highest BCUT2D eigenvalue weighted by Gasteiger charge is 2.23. The van der Waals surface area contributed by atoms with Crippen LogP contribution in [0.3, 0.4) is 0 Å². The number of nitrogens with zero attached hydrogens (tertiary/aromatic N) is 6. The first-order valence-electron chi connectivity index (χ1n) is 10.9. The standard InChI is InChI=1S/C21H29N7OS/c1-13-15(3)30-21-18(13)19(23-16(24-21)12-27-8-10-29-11-9-27)22-14(2)20-26-25-17-6-4-5-7-28(17)20/h14H,4-12H2,1-3H3,(H,22,23,24). The van der Waals surface area contributed by atoms with Gasteiger partial charge in [-0.25, -0.2) is 9.97 Å². The van der Waals surface area contributed by atoms with Crippen molar-refractivity contribution >= 4 is 27.4 Å². The number of aromatic nitrogens is 5. The molecule has 0 aliphatic carbocycles. The minimum Gasteiger partial charge on any atom is -0.379 e. The van der Waals surface area contributed by atoms with Crippen LogP contribution in [0.1, 0.15) is 53.7 Å². The maximum absolute atomic E-state index is 5.48. The maximum atomic E-state index is 5.48. The topological polar surface area (TPSA) is 81.0 Å². The number of hydrogen-bond acceptors (Lipinski definition) is 8. The van der Waals surface area contributed by atoms with Gasteiger partial charge in [0.2, 0.25) is 0 Å². The molecule has 2 aliphatic rings. The van der Waals surface area contributed by atoms with Crippen LogP contribution in [0.15, 0.2) is 0 Å². The van der Waals surface area contributed by atoms with E-state index in [1.54, 1.807) is 11.3 Å². The average molecular weight is 428 g/mol. The molecule has 0 radical (unpaired) electrons. The van der Waals surface area contributed by atoms with E-state index in [-0.39, 0.29) is 6.04 Å². The van der Waals surface area contributed by atoms with Crippen molar-refractivity contribution < 1.29 is 4.74 Å². The second kappa shape index (κ2) is 8.20. The minimum atomic E-state index is 0.0262. The summed E-state index contributed by atoms with van der Waals surface area (Å²) < 4.78 is 7.76. The molecule has 3 aromatic rings. The van der Waals surface area contributed by atoms with Crippen LogP contribution < -0.4 is 5.32 Å². The fourth-order valence-electron chi connectivity index (χ4n) is 4.35. The largest absolute Gasteiger partial charge is 0.379 e. The molecule has 1 unspecified atom stereocenters. The summed E-state index contributed by atoms with van der Waals surface area (Å²) >= 11 is 1.75. The molecule has 2 aliphatic heterocycles. The summed E-state index contributed by atoms with van der Waals surface area (Å²) in [6.45, 7) is 11.6. The third-order valence-electron chi connectivity index (χ3n) is 6.17. The van der Waals surface area contributed by atoms with E-state index in [2.05, 4.69) is 45.8 Å². The van der Waals surface area contributed by atoms with E-state index in [9.17, 15) is 0 Å². The molecule has 160 valence electrons. The molecule has 0 amide bonds. The fourth-order valence-corrected chi connectivity index (χ4v) is 5.40. The van der Waals surface area contributed by atoms with Gasteiger partial charge in [-0.1, -0.05) is 0 Å². The summed E-state index contributed by atoms with van der Waals surface area (Å²) in [5.41, 5.74) is 1.26. The van der Waals surface area contributed by atoms with Gasteiger partial charge in [-0.05, 0) is 39.2 Å². The van der Waals surface area contributed by atoms with Gasteiger partial charge in [0.1, 0.15) is 22.3 Å². The lowest BCUT2D eigenvalue weighted by Crippen LogP contribution is -2.36. The van der Waals surface area contributed by atoms with Gasteiger partial charge in [-0.2, -0.15) is 0 Å². The Morgan fingerprint density at radius 2 is 1.93 bits per heavy atom. The van der Waals surface area contributed by atoms with Crippen molar-refractivity contribution in [1.29, 1.82) is 0 Å². The third kappa shape index (κ3) is 3.70. The lowest BCUT2D eigenvalue weighted by atomic mass is 10.1. The van der Waals surface area contributed by atoms with Crippen molar-refractivity contribution in [1.82, 2.24) is 29.6 Å². The molecule has 1 N–H and O–H groups in total. The van der Waals surface area contributed by atoms with Gasteiger partial charge < -0.3 is 14.6 Å². The zero-order valence-corrected chi connectivity index (χ0v) is 18.8. The summed E-state index contributed by atoms with van der Waals surface area (Å²) in [5, 5.41) is 13.7. The quantitative estimate of drug-likeness (QED) is 0.669. The molecule has 1 atom stereocenters. The molecule has 3 aromatic heterocycles. The van der Waals surface area contributed by atoms with Crippen LogP contribution in [0.4, 0.5) is 5.82 Å². The molecule has 0 spiro atoms. The summed E-state index contributed by atoms with van der Waals surface area (Å²) in [7, 11) is 0. The van der Waals surface area contributed by atoms with E-state index < -0.39 is 0 Å². The zero-order chi connectivity index (χ0) is 20.7. The number of ether oxygens (including phenoxy) is 1. The second-order valence-corrected chi connectivity index (χ2v) is 9.49. The Balaban J connectivity index is 1.47. The van der Waals surface area contributed by atoms with Crippen molar-refractivity contribution in [2.45, 2.75) is 59.2 Å². The smallest absolute Gasteiger partial charge is 0.155 e. The summed E-state index contributed by atoms with van der Waals surface area (Å²) in [5.74, 6) is 3.87. The highest BCUT2D eigenvalue weighted by atomic mass is 32.1. The van der Waals surface area contributed by atoms with E-state index in [1.807, 2.05) is 0 Å². The summed E-state index contributed by atoms with van der Waals surface area (Å²) in [6, 6.07) is 0.0262. The Kier molecular flexibility index (Phi) is 5.43. The number of morpholine rings is 1. The molecule has 0 saturated carbocycles. The molecule has 1 saturated heterocycles. The van der Waals surface area contributed by atoms with Crippen LogP contribution in [0.25, 0.3) is 10.2 Å². The van der Waals surface area contributed by atoms with Crippen molar-refractivity contribution in [3.63, 3.8) is 0 Å². The number of rotatable bonds is 5. The van der Waals surface area contributed by atoms with Crippen molar-refractivity contribution in [3.8, 4) is 0 Å². The monoisotopic (exact) mass is 427 g/mol. The molecular weight excluding hydrogens is 398 g/mol. The van der Waals surface area contributed by atoms with E-state index >= 15 is 0 Å². The van der Waals surface area contributed by atoms with E-state index in [0.29, 0.717) is 0 Å². The van der Waals surface area contributed by atoms with Gasteiger partial charge in [-0.15, -0.1) is 21.5 Å². The summed E-state index contributed by atoms with van der Waals surface area (Å²) in [6.07, 6.45) is 3.41. The van der Waals surface area contributed by atoms with Crippen molar-refractivity contribution in [2.24, 2.45) is 0 Å². The third-order valence-corrected chi connectivity index (χ3v) is 7.27. The Morgan fingerprint density at radius 1 is 1.10 bits per heavy atom. The summed E-state index contributed by atoms with van der Waals surface area (Å²) in [4.78, 5) is 14.6. The van der Waals surface area contributed by atoms with Gasteiger partial charge >= 0.3 is 0 Å². The van der Waals surface area contributed by atoms with Gasteiger partial charge in [0.15, 0.2) is 5.82 Å². The molecule has 0 aromatic carbocycles. The van der Waals surface area contributed by atoms with E-state index in [0.717, 1.165) is 79.3 Å². The van der Waals surface area contributed by atoms with Crippen molar-refractivity contribution in [2.75, 3.05) is 31.6 Å². The number of thiophene rings is 1. The van der Waals surface area contributed by atoms with E-state index in [4.69, 9.17) is 14.7 Å². The minimum absolute atomic E-state index is 0.0262. The Bertz CT molecular complexity index is 1050. The Labute approximate surface area is 180 Å². The average Bonchev–Trinajstić information content (AvgIpc) is 3.30.